The summed E-state index contributed by atoms with van der Waals surface area (Å²) in [7, 11) is 0. The third-order valence-electron chi connectivity index (χ3n) is 5.34. The minimum atomic E-state index is -0.431. The third kappa shape index (κ3) is 4.20. The van der Waals surface area contributed by atoms with Gasteiger partial charge >= 0.3 is 0 Å². The summed E-state index contributed by atoms with van der Waals surface area (Å²) < 4.78 is 15.4. The molecule has 0 saturated heterocycles. The molecule has 1 atom stereocenters. The van der Waals surface area contributed by atoms with Crippen LogP contribution in [0.3, 0.4) is 0 Å². The van der Waals surface area contributed by atoms with Gasteiger partial charge in [0.25, 0.3) is 0 Å². The molecule has 3 aromatic rings. The number of amidine groups is 1. The Bertz CT molecular complexity index is 1170. The maximum Gasteiger partial charge on any atom is 0.170 e. The molecule has 1 unspecified atom stereocenters. The zero-order valence-corrected chi connectivity index (χ0v) is 19.1. The Labute approximate surface area is 189 Å². The Morgan fingerprint density at radius 1 is 1.26 bits per heavy atom. The van der Waals surface area contributed by atoms with Gasteiger partial charge in [-0.1, -0.05) is 44.0 Å². The molecule has 0 saturated carbocycles. The van der Waals surface area contributed by atoms with Crippen LogP contribution in [0.15, 0.2) is 29.4 Å². The van der Waals surface area contributed by atoms with Crippen molar-refractivity contribution in [2.45, 2.75) is 33.7 Å². The molecule has 0 bridgehead atoms. The number of hydrogen-bond acceptors (Lipinski definition) is 6. The first kappa shape index (κ1) is 21.8. The first-order valence-electron chi connectivity index (χ1n) is 9.88. The van der Waals surface area contributed by atoms with Crippen LogP contribution < -0.4 is 10.8 Å². The van der Waals surface area contributed by atoms with Gasteiger partial charge in [0.05, 0.1) is 35.5 Å². The zero-order chi connectivity index (χ0) is 22.3. The van der Waals surface area contributed by atoms with Crippen molar-refractivity contribution < 1.29 is 9.23 Å². The van der Waals surface area contributed by atoms with Crippen molar-refractivity contribution in [3.63, 3.8) is 0 Å². The molecule has 0 spiro atoms. The normalized spacial score (nSPS) is 15.5. The maximum atomic E-state index is 13.7. The molecule has 10 heteroatoms. The lowest BCUT2D eigenvalue weighted by Gasteiger charge is -2.30. The lowest BCUT2D eigenvalue weighted by Crippen LogP contribution is -2.32. The standard InChI is InChI=1S/C21H23Cl2FN6O/c1-11(21(2,3)4)27-20-16(13-6-5-12(24)9-15(13)22)17(23)28-19-14(10-26-30(19)20)18-25-7-8-31-29-18/h5-6,9-11,27H,7-8H2,1-4H3,(H,25,29). The minimum absolute atomic E-state index is 0.0354. The second-order valence-electron chi connectivity index (χ2n) is 8.46. The van der Waals surface area contributed by atoms with Gasteiger partial charge in [0.1, 0.15) is 16.8 Å². The molecule has 2 N–H and O–H groups in total. The fourth-order valence-electron chi connectivity index (χ4n) is 3.11. The van der Waals surface area contributed by atoms with Gasteiger partial charge in [-0.05, 0) is 30.5 Å². The number of hydroxylamine groups is 1. The Balaban J connectivity index is 1.97. The van der Waals surface area contributed by atoms with Crippen LogP contribution in [0.2, 0.25) is 10.2 Å². The van der Waals surface area contributed by atoms with Gasteiger partial charge in [0.2, 0.25) is 0 Å². The molecule has 31 heavy (non-hydrogen) atoms. The van der Waals surface area contributed by atoms with Gasteiger partial charge in [-0.3, -0.25) is 9.83 Å². The molecule has 164 valence electrons. The number of aromatic nitrogens is 3. The van der Waals surface area contributed by atoms with Crippen LogP contribution in [0.25, 0.3) is 16.8 Å². The van der Waals surface area contributed by atoms with E-state index < -0.39 is 5.82 Å². The van der Waals surface area contributed by atoms with Crippen LogP contribution in [0, 0.1) is 11.2 Å². The second kappa shape index (κ2) is 8.26. The van der Waals surface area contributed by atoms with Crippen molar-refractivity contribution in [3.05, 3.63) is 46.0 Å². The molecule has 0 amide bonds. The third-order valence-corrected chi connectivity index (χ3v) is 5.93. The van der Waals surface area contributed by atoms with Crippen molar-refractivity contribution in [1.82, 2.24) is 20.1 Å². The quantitative estimate of drug-likeness (QED) is 0.533. The molecule has 0 fully saturated rings. The first-order chi connectivity index (χ1) is 14.7. The molecule has 3 heterocycles. The number of anilines is 1. The van der Waals surface area contributed by atoms with Crippen LogP contribution in [0.5, 0.6) is 0 Å². The monoisotopic (exact) mass is 464 g/mol. The number of aliphatic imine (C=N–C) groups is 1. The molecular formula is C21H23Cl2FN6O. The molecule has 0 aliphatic carbocycles. The van der Waals surface area contributed by atoms with E-state index in [1.807, 2.05) is 0 Å². The largest absolute Gasteiger partial charge is 0.366 e. The van der Waals surface area contributed by atoms with E-state index in [0.29, 0.717) is 47.1 Å². The predicted molar refractivity (Wildman–Crippen MR) is 121 cm³/mol. The summed E-state index contributed by atoms with van der Waals surface area (Å²) >= 11 is 13.1. The minimum Gasteiger partial charge on any atom is -0.366 e. The number of halogens is 3. The SMILES string of the molecule is CC(Nc1c(-c2ccc(F)cc2Cl)c(Cl)nc2c(C3=NCCON3)cnn12)C(C)(C)C. The van der Waals surface area contributed by atoms with Crippen molar-refractivity contribution in [2.75, 3.05) is 18.5 Å². The van der Waals surface area contributed by atoms with E-state index >= 15 is 0 Å². The molecule has 1 aromatic carbocycles. The van der Waals surface area contributed by atoms with Crippen molar-refractivity contribution in [1.29, 1.82) is 0 Å². The van der Waals surface area contributed by atoms with Crippen LogP contribution in [0.1, 0.15) is 33.3 Å². The molecule has 7 nitrogen and oxygen atoms in total. The molecular weight excluding hydrogens is 442 g/mol. The summed E-state index contributed by atoms with van der Waals surface area (Å²) in [5.41, 5.74) is 5.01. The van der Waals surface area contributed by atoms with Gasteiger partial charge in [0.15, 0.2) is 11.5 Å². The predicted octanol–water partition coefficient (Wildman–Crippen LogP) is 4.97. The molecule has 2 aromatic heterocycles. The highest BCUT2D eigenvalue weighted by molar-refractivity contribution is 6.36. The summed E-state index contributed by atoms with van der Waals surface area (Å²) in [6, 6.07) is 4.21. The second-order valence-corrected chi connectivity index (χ2v) is 9.22. The van der Waals surface area contributed by atoms with Gasteiger partial charge < -0.3 is 5.32 Å². The van der Waals surface area contributed by atoms with Crippen LogP contribution in [-0.2, 0) is 4.84 Å². The lowest BCUT2D eigenvalue weighted by atomic mass is 9.88. The lowest BCUT2D eigenvalue weighted by molar-refractivity contribution is 0.0827. The highest BCUT2D eigenvalue weighted by Crippen LogP contribution is 2.40. The number of rotatable bonds is 4. The van der Waals surface area contributed by atoms with E-state index in [1.54, 1.807) is 16.8 Å². The fourth-order valence-corrected chi connectivity index (χ4v) is 3.65. The summed E-state index contributed by atoms with van der Waals surface area (Å²) in [5, 5.41) is 8.51. The molecule has 1 aliphatic heterocycles. The Hall–Kier alpha value is -2.42. The maximum absolute atomic E-state index is 13.7. The van der Waals surface area contributed by atoms with Crippen molar-refractivity contribution >= 4 is 40.5 Å². The number of benzene rings is 1. The first-order valence-corrected chi connectivity index (χ1v) is 10.6. The van der Waals surface area contributed by atoms with Crippen LogP contribution in [-0.4, -0.2) is 39.6 Å². The Kier molecular flexibility index (Phi) is 5.81. The fraction of sp³-hybridized carbons (Fsp3) is 0.381. The van der Waals surface area contributed by atoms with E-state index in [9.17, 15) is 4.39 Å². The Morgan fingerprint density at radius 2 is 2.03 bits per heavy atom. The van der Waals surface area contributed by atoms with E-state index in [4.69, 9.17) is 28.0 Å². The van der Waals surface area contributed by atoms with E-state index in [0.717, 1.165) is 0 Å². The smallest absolute Gasteiger partial charge is 0.170 e. The van der Waals surface area contributed by atoms with Gasteiger partial charge in [-0.2, -0.15) is 9.61 Å². The van der Waals surface area contributed by atoms with Crippen LogP contribution >= 0.6 is 23.2 Å². The molecule has 0 radical (unpaired) electrons. The van der Waals surface area contributed by atoms with Crippen LogP contribution in [0.4, 0.5) is 10.2 Å². The average molecular weight is 465 g/mol. The number of nitrogens with zero attached hydrogens (tertiary/aromatic N) is 4. The van der Waals surface area contributed by atoms with E-state index in [-0.39, 0.29) is 21.6 Å². The summed E-state index contributed by atoms with van der Waals surface area (Å²) in [4.78, 5) is 14.3. The topological polar surface area (TPSA) is 75.8 Å². The van der Waals surface area contributed by atoms with Crippen molar-refractivity contribution in [3.8, 4) is 11.1 Å². The van der Waals surface area contributed by atoms with Gasteiger partial charge in [0, 0.05) is 11.6 Å². The van der Waals surface area contributed by atoms with Crippen molar-refractivity contribution in [2.24, 2.45) is 10.4 Å². The summed E-state index contributed by atoms with van der Waals surface area (Å²) in [6.45, 7) is 9.47. The molecule has 4 rings (SSSR count). The number of hydrogen-bond donors (Lipinski definition) is 2. The van der Waals surface area contributed by atoms with E-state index in [1.165, 1.54) is 12.1 Å². The zero-order valence-electron chi connectivity index (χ0n) is 17.6. The van der Waals surface area contributed by atoms with Gasteiger partial charge in [-0.15, -0.1) is 0 Å². The highest BCUT2D eigenvalue weighted by Gasteiger charge is 2.27. The Morgan fingerprint density at radius 3 is 2.68 bits per heavy atom. The number of nitrogens with one attached hydrogen (secondary N) is 2. The summed E-state index contributed by atoms with van der Waals surface area (Å²) in [5.74, 6) is 0.709. The van der Waals surface area contributed by atoms with E-state index in [2.05, 4.69) is 53.6 Å². The average Bonchev–Trinajstić information content (AvgIpc) is 3.12. The number of fused-ring (bicyclic) bond motifs is 1. The highest BCUT2D eigenvalue weighted by atomic mass is 35.5. The molecule has 1 aliphatic rings. The van der Waals surface area contributed by atoms with Gasteiger partial charge in [-0.25, -0.2) is 14.9 Å². The summed E-state index contributed by atoms with van der Waals surface area (Å²) in [6.07, 6.45) is 1.65.